The summed E-state index contributed by atoms with van der Waals surface area (Å²) in [7, 11) is -2.38. The summed E-state index contributed by atoms with van der Waals surface area (Å²) in [6, 6.07) is 5.49. The molecule has 0 saturated carbocycles. The topological polar surface area (TPSA) is 133 Å². The smallest absolute Gasteiger partial charge is 0.341 e. The molecule has 0 spiro atoms. The van der Waals surface area contributed by atoms with E-state index in [4.69, 9.17) is 9.47 Å². The van der Waals surface area contributed by atoms with Crippen LogP contribution in [0.15, 0.2) is 23.2 Å². The molecule has 1 N–H and O–H groups in total. The number of rotatable bonds is 9. The molecule has 0 radical (unpaired) electrons. The summed E-state index contributed by atoms with van der Waals surface area (Å²) in [6.07, 6.45) is 3.40. The molecule has 1 aliphatic rings. The van der Waals surface area contributed by atoms with Crippen molar-refractivity contribution in [1.82, 2.24) is 4.57 Å². The number of carbonyl (C=O) groups excluding carboxylic acids is 3. The Kier molecular flexibility index (Phi) is 8.68. The third kappa shape index (κ3) is 6.33. The summed E-state index contributed by atoms with van der Waals surface area (Å²) < 4.78 is 38.5. The number of hydrogen-bond donors (Lipinski definition) is 1. The Labute approximate surface area is 228 Å². The Morgan fingerprint density at radius 3 is 2.58 bits per heavy atom. The molecule has 1 aromatic carbocycles. The summed E-state index contributed by atoms with van der Waals surface area (Å²) in [5, 5.41) is 2.86. The summed E-state index contributed by atoms with van der Waals surface area (Å²) in [4.78, 5) is 43.1. The van der Waals surface area contributed by atoms with Crippen LogP contribution in [0.25, 0.3) is 10.2 Å². The van der Waals surface area contributed by atoms with E-state index < -0.39 is 39.1 Å². The molecule has 2 heterocycles. The van der Waals surface area contributed by atoms with Gasteiger partial charge in [-0.2, -0.15) is 4.99 Å². The predicted molar refractivity (Wildman–Crippen MR) is 147 cm³/mol. The first-order valence-corrected chi connectivity index (χ1v) is 15.7. The zero-order valence-corrected chi connectivity index (χ0v) is 23.8. The van der Waals surface area contributed by atoms with E-state index in [1.165, 1.54) is 22.7 Å². The molecular weight excluding hydrogens is 550 g/mol. The number of sulfone groups is 1. The highest BCUT2D eigenvalue weighted by molar-refractivity contribution is 7.92. The van der Waals surface area contributed by atoms with Crippen LogP contribution in [0.4, 0.5) is 5.00 Å². The van der Waals surface area contributed by atoms with E-state index in [0.717, 1.165) is 39.9 Å². The molecule has 2 aromatic heterocycles. The van der Waals surface area contributed by atoms with Gasteiger partial charge < -0.3 is 19.4 Å². The molecule has 0 fully saturated rings. The summed E-state index contributed by atoms with van der Waals surface area (Å²) in [5.74, 6) is -3.36. The number of anilines is 1. The highest BCUT2D eigenvalue weighted by atomic mass is 32.2. The molecule has 3 aromatic rings. The fraction of sp³-hybridized carbons (Fsp3) is 0.440. The normalized spacial score (nSPS) is 13.8. The molecule has 13 heteroatoms. The van der Waals surface area contributed by atoms with Gasteiger partial charge in [-0.15, -0.1) is 11.3 Å². The molecule has 0 bridgehead atoms. The van der Waals surface area contributed by atoms with Gasteiger partial charge in [0.2, 0.25) is 5.91 Å². The van der Waals surface area contributed by atoms with Crippen LogP contribution in [-0.4, -0.2) is 55.5 Å². The van der Waals surface area contributed by atoms with Gasteiger partial charge in [0.05, 0.1) is 29.0 Å². The monoisotopic (exact) mass is 579 g/mol. The zero-order chi connectivity index (χ0) is 27.4. The lowest BCUT2D eigenvalue weighted by atomic mass is 9.95. The molecule has 38 heavy (non-hydrogen) atoms. The van der Waals surface area contributed by atoms with Gasteiger partial charge in [-0.1, -0.05) is 11.3 Å². The number of esters is 1. The number of carbonyl (C=O) groups is 3. The van der Waals surface area contributed by atoms with E-state index >= 15 is 0 Å². The first-order valence-electron chi connectivity index (χ1n) is 12.2. The summed E-state index contributed by atoms with van der Waals surface area (Å²) in [6.45, 7) is 4.28. The second kappa shape index (κ2) is 11.8. The van der Waals surface area contributed by atoms with Gasteiger partial charge in [0, 0.05) is 11.9 Å². The molecule has 4 rings (SSSR count). The minimum Gasteiger partial charge on any atom is -0.494 e. The number of nitrogens with zero attached hydrogens (tertiary/aromatic N) is 2. The number of benzene rings is 1. The lowest BCUT2D eigenvalue weighted by Gasteiger charge is -2.12. The van der Waals surface area contributed by atoms with Crippen molar-refractivity contribution in [2.75, 3.05) is 30.0 Å². The molecule has 0 saturated heterocycles. The van der Waals surface area contributed by atoms with Crippen LogP contribution in [0.3, 0.4) is 0 Å². The lowest BCUT2D eigenvalue weighted by molar-refractivity contribution is -0.115. The van der Waals surface area contributed by atoms with Crippen molar-refractivity contribution in [2.24, 2.45) is 12.0 Å². The Bertz CT molecular complexity index is 1560. The average Bonchev–Trinajstić information content (AvgIpc) is 3.35. The summed E-state index contributed by atoms with van der Waals surface area (Å²) in [5.41, 5.74) is 1.98. The molecule has 204 valence electrons. The van der Waals surface area contributed by atoms with E-state index in [9.17, 15) is 22.8 Å². The number of amides is 2. The van der Waals surface area contributed by atoms with Crippen LogP contribution in [-0.2, 0) is 44.1 Å². The van der Waals surface area contributed by atoms with Crippen molar-refractivity contribution in [2.45, 2.75) is 39.5 Å². The number of hydrogen-bond acceptors (Lipinski definition) is 9. The van der Waals surface area contributed by atoms with Gasteiger partial charge >= 0.3 is 5.97 Å². The molecule has 10 nitrogen and oxygen atoms in total. The fourth-order valence-corrected chi connectivity index (χ4v) is 7.66. The van der Waals surface area contributed by atoms with Crippen LogP contribution in [0.2, 0.25) is 0 Å². The maximum absolute atomic E-state index is 12.7. The second-order valence-electron chi connectivity index (χ2n) is 8.73. The maximum atomic E-state index is 12.7. The van der Waals surface area contributed by atoms with Crippen LogP contribution in [0, 0.1) is 0 Å². The molecule has 0 unspecified atom stereocenters. The third-order valence-electron chi connectivity index (χ3n) is 5.91. The largest absolute Gasteiger partial charge is 0.494 e. The summed E-state index contributed by atoms with van der Waals surface area (Å²) >= 11 is 2.50. The SMILES string of the molecule is CCOC(=O)c1c(NC(=O)CS(=O)(=O)CC(=O)N=c2sc3cc(OCC)ccc3n2C)sc2c1CCCC2. The van der Waals surface area contributed by atoms with Crippen molar-refractivity contribution in [3.63, 3.8) is 0 Å². The van der Waals surface area contributed by atoms with Crippen molar-refractivity contribution in [3.8, 4) is 5.75 Å². The molecular formula is C25H29N3O7S3. The first kappa shape index (κ1) is 28.0. The first-order chi connectivity index (χ1) is 18.1. The number of fused-ring (bicyclic) bond motifs is 2. The second-order valence-corrected chi connectivity index (χ2v) is 12.9. The van der Waals surface area contributed by atoms with Gasteiger partial charge in [0.25, 0.3) is 5.91 Å². The number of thiazole rings is 1. The van der Waals surface area contributed by atoms with Gasteiger partial charge in [0.15, 0.2) is 14.6 Å². The van der Waals surface area contributed by atoms with Crippen molar-refractivity contribution in [1.29, 1.82) is 0 Å². The van der Waals surface area contributed by atoms with Crippen LogP contribution in [0.5, 0.6) is 5.75 Å². The molecule has 2 amide bonds. The number of aryl methyl sites for hydroxylation is 2. The molecule has 1 aliphatic carbocycles. The Morgan fingerprint density at radius 2 is 1.84 bits per heavy atom. The van der Waals surface area contributed by atoms with Crippen LogP contribution >= 0.6 is 22.7 Å². The van der Waals surface area contributed by atoms with Crippen molar-refractivity contribution in [3.05, 3.63) is 39.0 Å². The quantitative estimate of drug-likeness (QED) is 0.385. The van der Waals surface area contributed by atoms with Gasteiger partial charge in [-0.3, -0.25) is 9.59 Å². The van der Waals surface area contributed by atoms with E-state index in [0.29, 0.717) is 29.1 Å². The van der Waals surface area contributed by atoms with Crippen molar-refractivity contribution >= 4 is 65.5 Å². The number of ether oxygens (including phenoxy) is 2. The minimum atomic E-state index is -4.11. The zero-order valence-electron chi connectivity index (χ0n) is 21.4. The fourth-order valence-electron chi connectivity index (χ4n) is 4.29. The lowest BCUT2D eigenvalue weighted by Crippen LogP contribution is -2.28. The van der Waals surface area contributed by atoms with E-state index in [1.807, 2.05) is 25.1 Å². The van der Waals surface area contributed by atoms with E-state index in [1.54, 1.807) is 18.5 Å². The van der Waals surface area contributed by atoms with Gasteiger partial charge in [-0.05, 0) is 63.3 Å². The van der Waals surface area contributed by atoms with E-state index in [2.05, 4.69) is 10.3 Å². The molecule has 0 aliphatic heterocycles. The van der Waals surface area contributed by atoms with Crippen molar-refractivity contribution < 1.29 is 32.3 Å². The Morgan fingerprint density at radius 1 is 1.08 bits per heavy atom. The van der Waals surface area contributed by atoms with Gasteiger partial charge in [0.1, 0.15) is 22.3 Å². The average molecular weight is 580 g/mol. The Balaban J connectivity index is 1.47. The van der Waals surface area contributed by atoms with Gasteiger partial charge in [-0.25, -0.2) is 13.2 Å². The van der Waals surface area contributed by atoms with Crippen LogP contribution < -0.4 is 14.9 Å². The standard InChI is InChI=1S/C25H29N3O7S3/c1-4-34-15-10-11-17-19(12-15)37-25(28(17)3)27-21(30)14-38(32,33)13-20(29)26-23-22(24(31)35-5-2)16-8-6-7-9-18(16)36-23/h10-12H,4-9,13-14H2,1-3H3,(H,26,29). The molecule has 0 atom stereocenters. The minimum absolute atomic E-state index is 0.183. The highest BCUT2D eigenvalue weighted by Crippen LogP contribution is 2.38. The van der Waals surface area contributed by atoms with E-state index in [-0.39, 0.29) is 11.6 Å². The Hall–Kier alpha value is -3.03. The third-order valence-corrected chi connectivity index (χ3v) is 9.60. The van der Waals surface area contributed by atoms with Crippen LogP contribution in [0.1, 0.15) is 47.5 Å². The number of aromatic nitrogens is 1. The predicted octanol–water partition coefficient (Wildman–Crippen LogP) is 3.24. The highest BCUT2D eigenvalue weighted by Gasteiger charge is 2.28. The maximum Gasteiger partial charge on any atom is 0.341 e. The number of thiophene rings is 1. The number of nitrogens with one attached hydrogen (secondary N) is 1.